The molecule has 0 amide bonds. The topological polar surface area (TPSA) is 0 Å². The third-order valence-corrected chi connectivity index (χ3v) is 0. The van der Waals surface area contributed by atoms with Crippen LogP contribution in [0.1, 0.15) is 0 Å². The summed E-state index contributed by atoms with van der Waals surface area (Å²) in [6.07, 6.45) is 0. The normalized spacial score (nSPS) is 2.80. The van der Waals surface area contributed by atoms with Gasteiger partial charge in [0.1, 0.15) is 0 Å². The zero-order valence-corrected chi connectivity index (χ0v) is 8.45. The molecular weight excluding hydrogens is 439 g/mol. The maximum absolute atomic E-state index is 4.45. The number of rotatable bonds is 0. The summed E-state index contributed by atoms with van der Waals surface area (Å²) >= 11 is 7.93. The van der Waals surface area contributed by atoms with E-state index < -0.39 is 0 Å². The van der Waals surface area contributed by atoms with Gasteiger partial charge in [-0.15, -0.1) is 0 Å². The molecule has 0 saturated heterocycles. The molecule has 5 heteroatoms. The molecule has 0 fully saturated rings. The molecule has 0 saturated carbocycles. The van der Waals surface area contributed by atoms with Gasteiger partial charge in [0.2, 0.25) is 0 Å². The standard InChI is InChI=1S/3Ag.BrH.ClH/h;;;2*1H/q;2*+1;;/p-2. The van der Waals surface area contributed by atoms with Crippen LogP contribution >= 0.6 is 22.2 Å². The summed E-state index contributed by atoms with van der Waals surface area (Å²) in [7, 11) is 4.45. The molecule has 0 nitrogen and oxygen atoms in total. The predicted octanol–water partition coefficient (Wildman–Crippen LogP) is 1.53. The molecule has 0 aromatic heterocycles. The van der Waals surface area contributed by atoms with Crippen molar-refractivity contribution in [2.24, 2.45) is 0 Å². The van der Waals surface area contributed by atoms with Gasteiger partial charge in [-0.1, -0.05) is 0 Å². The summed E-state index contributed by atoms with van der Waals surface area (Å²) in [6.45, 7) is 0. The van der Waals surface area contributed by atoms with E-state index in [1.54, 1.807) is 0 Å². The van der Waals surface area contributed by atoms with Gasteiger partial charge < -0.3 is 0 Å². The number of hydrogen-bond acceptors (Lipinski definition) is 0. The third-order valence-electron chi connectivity index (χ3n) is 0. The van der Waals surface area contributed by atoms with Crippen LogP contribution in [-0.4, -0.2) is 0 Å². The van der Waals surface area contributed by atoms with E-state index >= 15 is 0 Å². The molecule has 0 unspecified atom stereocenters. The molecule has 0 atom stereocenters. The van der Waals surface area contributed by atoms with E-state index in [1.807, 2.05) is 0 Å². The minimum atomic E-state index is 0. The second kappa shape index (κ2) is 28.0. The number of halogens is 2. The first-order chi connectivity index (χ1) is 2.00. The van der Waals surface area contributed by atoms with Crippen LogP contribution in [0.3, 0.4) is 0 Å². The van der Waals surface area contributed by atoms with Gasteiger partial charge in [0, 0.05) is 22.4 Å². The zero-order chi connectivity index (χ0) is 4.00. The molecule has 5 heavy (non-hydrogen) atoms. The summed E-state index contributed by atoms with van der Waals surface area (Å²) in [4.78, 5) is 0. The van der Waals surface area contributed by atoms with Crippen molar-refractivity contribution in [2.75, 3.05) is 0 Å². The van der Waals surface area contributed by atoms with Gasteiger partial charge in [0.25, 0.3) is 0 Å². The Hall–Kier alpha value is 2.99. The Morgan fingerprint density at radius 2 is 1.20 bits per heavy atom. The first-order valence-corrected chi connectivity index (χ1v) is 5.53. The van der Waals surface area contributed by atoms with E-state index in [4.69, 9.17) is 0 Å². The molecule has 0 N–H and O–H groups in total. The maximum atomic E-state index is 4.45. The van der Waals surface area contributed by atoms with Gasteiger partial charge in [-0.2, -0.15) is 0 Å². The van der Waals surface area contributed by atoms with E-state index in [-0.39, 0.29) is 22.4 Å². The molecule has 0 aromatic carbocycles. The average Bonchev–Trinajstić information content (AvgIpc) is 1.50. The molecule has 0 aliphatic rings. The van der Waals surface area contributed by atoms with Crippen LogP contribution in [0.5, 0.6) is 0 Å². The first kappa shape index (κ1) is 15.7. The van der Waals surface area contributed by atoms with Gasteiger partial charge in [-0.25, -0.2) is 0 Å². The van der Waals surface area contributed by atoms with E-state index in [0.29, 0.717) is 0 Å². The van der Waals surface area contributed by atoms with Crippen LogP contribution in [-0.2, 0) is 61.3 Å². The van der Waals surface area contributed by atoms with Gasteiger partial charge in [-0.05, 0) is 0 Å². The summed E-state index contributed by atoms with van der Waals surface area (Å²) < 4.78 is 0. The summed E-state index contributed by atoms with van der Waals surface area (Å²) in [5.74, 6) is 0. The van der Waals surface area contributed by atoms with Gasteiger partial charge >= 0.3 is 61.1 Å². The second-order valence-corrected chi connectivity index (χ2v) is 0. The van der Waals surface area contributed by atoms with Crippen LogP contribution in [0.25, 0.3) is 0 Å². The van der Waals surface area contributed by atoms with Crippen LogP contribution in [0, 0.1) is 0 Å². The minimum absolute atomic E-state index is 0. The fraction of sp³-hybridized carbons (Fsp3) is 0. The molecule has 0 aliphatic carbocycles. The Balaban J connectivity index is -0.0000000133. The Bertz CT molecular complexity index is 6.85. The van der Waals surface area contributed by atoms with Crippen molar-refractivity contribution in [1.29, 1.82) is 0 Å². The van der Waals surface area contributed by atoms with Crippen LogP contribution < -0.4 is 0 Å². The van der Waals surface area contributed by atoms with E-state index in [9.17, 15) is 0 Å². The van der Waals surface area contributed by atoms with Crippen molar-refractivity contribution >= 4 is 22.2 Å². The molecule has 0 rings (SSSR count). The van der Waals surface area contributed by atoms with Crippen LogP contribution in [0.2, 0.25) is 0 Å². The van der Waals surface area contributed by atoms with E-state index in [0.717, 1.165) is 0 Å². The Morgan fingerprint density at radius 1 is 1.20 bits per heavy atom. The molecule has 0 bridgehead atoms. The fourth-order valence-electron chi connectivity index (χ4n) is 0. The van der Waals surface area contributed by atoms with Gasteiger partial charge in [-0.3, -0.25) is 0 Å². The van der Waals surface area contributed by atoms with Gasteiger partial charge in [0.05, 0.1) is 0 Å². The molecule has 47 valence electrons. The summed E-state index contributed by atoms with van der Waals surface area (Å²) in [5.41, 5.74) is 0. The van der Waals surface area contributed by atoms with Crippen molar-refractivity contribution in [3.05, 3.63) is 0 Å². The van der Waals surface area contributed by atoms with Crippen molar-refractivity contribution in [3.63, 3.8) is 0 Å². The Kier molecular flexibility index (Phi) is 88.0. The Morgan fingerprint density at radius 3 is 1.20 bits per heavy atom. The zero-order valence-electron chi connectivity index (χ0n) is 1.66. The fourth-order valence-corrected chi connectivity index (χ4v) is 0. The molecule has 0 spiro atoms. The van der Waals surface area contributed by atoms with E-state index in [2.05, 4.69) is 61.1 Å². The molecule has 0 heterocycles. The van der Waals surface area contributed by atoms with E-state index in [1.165, 1.54) is 0 Å². The Labute approximate surface area is 81.9 Å². The van der Waals surface area contributed by atoms with Crippen molar-refractivity contribution < 1.29 is 61.3 Å². The number of hydrogen-bond donors (Lipinski definition) is 0. The average molecular weight is 439 g/mol. The predicted molar refractivity (Wildman–Crippen MR) is 14.8 cm³/mol. The molecular formula is Ag3BrCl. The van der Waals surface area contributed by atoms with Crippen LogP contribution in [0.4, 0.5) is 0 Å². The first-order valence-electron chi connectivity index (χ1n) is 0.228. The summed E-state index contributed by atoms with van der Waals surface area (Å²) in [5, 5.41) is 0. The quantitative estimate of drug-likeness (QED) is 0.503. The SMILES string of the molecule is [Ag].[Br][Ag].[Cl][Ag]. The molecule has 0 aromatic rings. The third kappa shape index (κ3) is 19.5. The summed E-state index contributed by atoms with van der Waals surface area (Å²) in [6, 6.07) is 0. The van der Waals surface area contributed by atoms with Crippen molar-refractivity contribution in [2.45, 2.75) is 0 Å². The van der Waals surface area contributed by atoms with Crippen molar-refractivity contribution in [3.8, 4) is 0 Å². The molecule has 1 radical (unpaired) electrons. The second-order valence-electron chi connectivity index (χ2n) is 0. The van der Waals surface area contributed by atoms with Crippen LogP contribution in [0.15, 0.2) is 0 Å². The molecule has 0 aliphatic heterocycles. The van der Waals surface area contributed by atoms with Crippen molar-refractivity contribution in [1.82, 2.24) is 0 Å². The van der Waals surface area contributed by atoms with Gasteiger partial charge in [0.15, 0.2) is 0 Å². The monoisotopic (exact) mass is 435 g/mol.